The molecule has 2 atom stereocenters. The van der Waals surface area contributed by atoms with Gasteiger partial charge < -0.3 is 9.64 Å². The SMILES string of the molecule is CC1CN(C(=O)Cc2cccc(Cl)c2)CC(CCl)O1. The maximum atomic E-state index is 12.3. The molecule has 0 spiro atoms. The smallest absolute Gasteiger partial charge is 0.227 e. The van der Waals surface area contributed by atoms with E-state index in [-0.39, 0.29) is 18.1 Å². The number of rotatable bonds is 3. The van der Waals surface area contributed by atoms with E-state index in [9.17, 15) is 4.79 Å². The van der Waals surface area contributed by atoms with Crippen LogP contribution in [0.25, 0.3) is 0 Å². The topological polar surface area (TPSA) is 29.5 Å². The van der Waals surface area contributed by atoms with Gasteiger partial charge in [-0.2, -0.15) is 0 Å². The largest absolute Gasteiger partial charge is 0.370 e. The Bertz CT molecular complexity index is 453. The molecule has 1 fully saturated rings. The Balaban J connectivity index is 1.99. The van der Waals surface area contributed by atoms with Crippen LogP contribution in [-0.2, 0) is 16.0 Å². The fourth-order valence-electron chi connectivity index (χ4n) is 2.27. The van der Waals surface area contributed by atoms with Gasteiger partial charge >= 0.3 is 0 Å². The molecule has 5 heteroatoms. The van der Waals surface area contributed by atoms with Crippen molar-refractivity contribution in [3.05, 3.63) is 34.9 Å². The number of hydrogen-bond donors (Lipinski definition) is 0. The third-order valence-corrected chi connectivity index (χ3v) is 3.67. The summed E-state index contributed by atoms with van der Waals surface area (Å²) in [7, 11) is 0. The molecule has 2 unspecified atom stereocenters. The molecular weight excluding hydrogens is 285 g/mol. The fraction of sp³-hybridized carbons (Fsp3) is 0.500. The monoisotopic (exact) mass is 301 g/mol. The summed E-state index contributed by atoms with van der Waals surface area (Å²) >= 11 is 11.7. The first-order valence-corrected chi connectivity index (χ1v) is 7.23. The highest BCUT2D eigenvalue weighted by atomic mass is 35.5. The first-order valence-electron chi connectivity index (χ1n) is 6.32. The van der Waals surface area contributed by atoms with Crippen molar-refractivity contribution in [1.82, 2.24) is 4.90 Å². The summed E-state index contributed by atoms with van der Waals surface area (Å²) in [4.78, 5) is 14.1. The zero-order valence-corrected chi connectivity index (χ0v) is 12.3. The van der Waals surface area contributed by atoms with E-state index in [1.807, 2.05) is 30.0 Å². The van der Waals surface area contributed by atoms with Gasteiger partial charge in [-0.1, -0.05) is 23.7 Å². The minimum atomic E-state index is -0.0753. The molecule has 0 saturated carbocycles. The van der Waals surface area contributed by atoms with Gasteiger partial charge in [0.05, 0.1) is 24.5 Å². The molecule has 0 radical (unpaired) electrons. The molecule has 0 bridgehead atoms. The molecule has 2 rings (SSSR count). The molecule has 1 aromatic carbocycles. The van der Waals surface area contributed by atoms with Crippen molar-refractivity contribution < 1.29 is 9.53 Å². The lowest BCUT2D eigenvalue weighted by atomic mass is 10.1. The maximum Gasteiger partial charge on any atom is 0.227 e. The van der Waals surface area contributed by atoms with E-state index in [0.29, 0.717) is 30.4 Å². The van der Waals surface area contributed by atoms with Crippen LogP contribution in [0.2, 0.25) is 5.02 Å². The van der Waals surface area contributed by atoms with Gasteiger partial charge in [0.15, 0.2) is 0 Å². The number of carbonyl (C=O) groups is 1. The molecule has 3 nitrogen and oxygen atoms in total. The van der Waals surface area contributed by atoms with Crippen molar-refractivity contribution >= 4 is 29.1 Å². The summed E-state index contributed by atoms with van der Waals surface area (Å²) in [5, 5.41) is 0.652. The number of nitrogens with zero attached hydrogens (tertiary/aromatic N) is 1. The number of hydrogen-bond acceptors (Lipinski definition) is 2. The second-order valence-corrected chi connectivity index (χ2v) is 5.57. The van der Waals surface area contributed by atoms with Crippen LogP contribution in [0.1, 0.15) is 12.5 Å². The van der Waals surface area contributed by atoms with E-state index < -0.39 is 0 Å². The van der Waals surface area contributed by atoms with Crippen LogP contribution in [0.5, 0.6) is 0 Å². The number of alkyl halides is 1. The summed E-state index contributed by atoms with van der Waals surface area (Å²) in [5.74, 6) is 0.498. The minimum absolute atomic E-state index is 0.0285. The number of benzene rings is 1. The molecule has 1 amide bonds. The molecule has 1 aromatic rings. The molecule has 1 aliphatic rings. The predicted molar refractivity (Wildman–Crippen MR) is 76.8 cm³/mol. The Hall–Kier alpha value is -0.770. The van der Waals surface area contributed by atoms with Crippen LogP contribution in [0.15, 0.2) is 24.3 Å². The molecule has 19 heavy (non-hydrogen) atoms. The second kappa shape index (κ2) is 6.60. The fourth-order valence-corrected chi connectivity index (χ4v) is 2.65. The van der Waals surface area contributed by atoms with Crippen molar-refractivity contribution in [3.63, 3.8) is 0 Å². The maximum absolute atomic E-state index is 12.3. The first-order chi connectivity index (χ1) is 9.08. The number of carbonyl (C=O) groups excluding carboxylic acids is 1. The van der Waals surface area contributed by atoms with Crippen LogP contribution in [0.4, 0.5) is 0 Å². The summed E-state index contributed by atoms with van der Waals surface area (Å²) < 4.78 is 5.64. The third-order valence-electron chi connectivity index (χ3n) is 3.10. The van der Waals surface area contributed by atoms with Gasteiger partial charge in [0.1, 0.15) is 0 Å². The van der Waals surface area contributed by atoms with E-state index >= 15 is 0 Å². The number of ether oxygens (including phenoxy) is 1. The zero-order valence-electron chi connectivity index (χ0n) is 10.8. The highest BCUT2D eigenvalue weighted by Gasteiger charge is 2.27. The lowest BCUT2D eigenvalue weighted by molar-refractivity contribution is -0.142. The Kier molecular flexibility index (Phi) is 5.08. The summed E-state index contributed by atoms with van der Waals surface area (Å²) in [6, 6.07) is 7.39. The summed E-state index contributed by atoms with van der Waals surface area (Å²) in [6.45, 7) is 3.14. The molecule has 0 aliphatic carbocycles. The number of amides is 1. The highest BCUT2D eigenvalue weighted by Crippen LogP contribution is 2.16. The van der Waals surface area contributed by atoms with E-state index in [0.717, 1.165) is 5.56 Å². The molecule has 104 valence electrons. The minimum Gasteiger partial charge on any atom is -0.370 e. The molecule has 1 aliphatic heterocycles. The lowest BCUT2D eigenvalue weighted by Crippen LogP contribution is -2.50. The van der Waals surface area contributed by atoms with Crippen molar-refractivity contribution in [2.75, 3.05) is 19.0 Å². The first kappa shape index (κ1) is 14.6. The molecule has 0 N–H and O–H groups in total. The van der Waals surface area contributed by atoms with Crippen molar-refractivity contribution in [2.24, 2.45) is 0 Å². The van der Waals surface area contributed by atoms with Gasteiger partial charge in [-0.15, -0.1) is 11.6 Å². The molecule has 1 heterocycles. The van der Waals surface area contributed by atoms with Crippen molar-refractivity contribution in [2.45, 2.75) is 25.6 Å². The summed E-state index contributed by atoms with van der Waals surface area (Å²) in [6.07, 6.45) is 0.317. The van der Waals surface area contributed by atoms with E-state index in [4.69, 9.17) is 27.9 Å². The summed E-state index contributed by atoms with van der Waals surface area (Å²) in [5.41, 5.74) is 0.930. The molecular formula is C14H17Cl2NO2. The standard InChI is InChI=1S/C14H17Cl2NO2/c1-10-8-17(9-13(7-15)19-10)14(18)6-11-3-2-4-12(16)5-11/h2-5,10,13H,6-9H2,1H3. The average Bonchev–Trinajstić information content (AvgIpc) is 2.38. The van der Waals surface area contributed by atoms with Crippen LogP contribution in [0.3, 0.4) is 0 Å². The van der Waals surface area contributed by atoms with Crippen LogP contribution < -0.4 is 0 Å². The Morgan fingerprint density at radius 1 is 1.47 bits per heavy atom. The quantitative estimate of drug-likeness (QED) is 0.804. The third kappa shape index (κ3) is 4.10. The second-order valence-electron chi connectivity index (χ2n) is 4.83. The van der Waals surface area contributed by atoms with E-state index in [1.54, 1.807) is 6.07 Å². The molecule has 1 saturated heterocycles. The normalized spacial score (nSPS) is 23.4. The Morgan fingerprint density at radius 3 is 2.95 bits per heavy atom. The van der Waals surface area contributed by atoms with Gasteiger partial charge in [0.2, 0.25) is 5.91 Å². The Labute approximate surface area is 123 Å². The predicted octanol–water partition coefficient (Wildman–Crippen LogP) is 2.74. The average molecular weight is 302 g/mol. The number of morpholine rings is 1. The van der Waals surface area contributed by atoms with Crippen LogP contribution in [-0.4, -0.2) is 42.0 Å². The van der Waals surface area contributed by atoms with E-state index in [2.05, 4.69) is 0 Å². The van der Waals surface area contributed by atoms with Gasteiger partial charge in [0, 0.05) is 18.1 Å². The van der Waals surface area contributed by atoms with Gasteiger partial charge in [-0.3, -0.25) is 4.79 Å². The number of halogens is 2. The van der Waals surface area contributed by atoms with Crippen molar-refractivity contribution in [3.8, 4) is 0 Å². The molecule has 0 aromatic heterocycles. The van der Waals surface area contributed by atoms with Gasteiger partial charge in [-0.05, 0) is 24.6 Å². The van der Waals surface area contributed by atoms with Crippen molar-refractivity contribution in [1.29, 1.82) is 0 Å². The van der Waals surface area contributed by atoms with Crippen LogP contribution >= 0.6 is 23.2 Å². The van der Waals surface area contributed by atoms with Gasteiger partial charge in [0.25, 0.3) is 0 Å². The van der Waals surface area contributed by atoms with Crippen LogP contribution in [0, 0.1) is 0 Å². The lowest BCUT2D eigenvalue weighted by Gasteiger charge is -2.36. The zero-order chi connectivity index (χ0) is 13.8. The van der Waals surface area contributed by atoms with E-state index in [1.165, 1.54) is 0 Å². The highest BCUT2D eigenvalue weighted by molar-refractivity contribution is 6.30. The van der Waals surface area contributed by atoms with Gasteiger partial charge in [-0.25, -0.2) is 0 Å². The Morgan fingerprint density at radius 2 is 2.26 bits per heavy atom.